The number of nitrogens with one attached hydrogen (secondary N) is 3. The predicted molar refractivity (Wildman–Crippen MR) is 121 cm³/mol. The van der Waals surface area contributed by atoms with E-state index in [9.17, 15) is 4.79 Å². The predicted octanol–water partition coefficient (Wildman–Crippen LogP) is 4.93. The van der Waals surface area contributed by atoms with Crippen LogP contribution in [0.3, 0.4) is 0 Å². The van der Waals surface area contributed by atoms with Gasteiger partial charge in [-0.25, -0.2) is 15.0 Å². The molecule has 3 aromatic carbocycles. The Bertz CT molecular complexity index is 1320. The number of hydrogen-bond donors (Lipinski definition) is 3. The van der Waals surface area contributed by atoms with Gasteiger partial charge in [-0.05, 0) is 42.5 Å². The van der Waals surface area contributed by atoms with Crippen molar-refractivity contribution in [1.82, 2.24) is 15.0 Å². The molecular formula is C22H16N6OS. The van der Waals surface area contributed by atoms with E-state index >= 15 is 0 Å². The lowest BCUT2D eigenvalue weighted by Crippen LogP contribution is -2.12. The van der Waals surface area contributed by atoms with E-state index in [0.717, 1.165) is 26.3 Å². The summed E-state index contributed by atoms with van der Waals surface area (Å²) in [6.45, 7) is 0. The molecule has 0 radical (unpaired) electrons. The molecule has 5 rings (SSSR count). The monoisotopic (exact) mass is 412 g/mol. The standard InChI is InChI=1S/C22H16N6OS/c29-21(14-6-2-1-3-7-14)25-15-10-11-17-16(12-15)20(24-13-23-17)27-28-22-26-18-8-4-5-9-19(18)30-22/h1-13H,(H,25,29)(H,26,28)(H,23,24,27). The lowest BCUT2D eigenvalue weighted by molar-refractivity contribution is 0.102. The fourth-order valence-corrected chi connectivity index (χ4v) is 3.88. The first-order valence-electron chi connectivity index (χ1n) is 9.25. The zero-order valence-corrected chi connectivity index (χ0v) is 16.5. The van der Waals surface area contributed by atoms with Crippen molar-refractivity contribution in [2.75, 3.05) is 16.2 Å². The Morgan fingerprint density at radius 3 is 2.53 bits per heavy atom. The number of benzene rings is 3. The first kappa shape index (κ1) is 18.0. The smallest absolute Gasteiger partial charge is 0.255 e. The number of amides is 1. The SMILES string of the molecule is O=C(Nc1ccc2ncnc(NNc3nc4ccccc4s3)c2c1)c1ccccc1. The molecule has 5 aromatic rings. The van der Waals surface area contributed by atoms with E-state index in [1.165, 1.54) is 6.33 Å². The molecule has 0 unspecified atom stereocenters. The highest BCUT2D eigenvalue weighted by molar-refractivity contribution is 7.22. The Kier molecular flexibility index (Phi) is 4.66. The van der Waals surface area contributed by atoms with Gasteiger partial charge in [0.25, 0.3) is 5.91 Å². The van der Waals surface area contributed by atoms with Crippen LogP contribution in [-0.2, 0) is 0 Å². The second kappa shape index (κ2) is 7.76. The molecule has 0 aliphatic heterocycles. The summed E-state index contributed by atoms with van der Waals surface area (Å²) in [5, 5.41) is 4.42. The summed E-state index contributed by atoms with van der Waals surface area (Å²) in [5.74, 6) is 0.420. The minimum absolute atomic E-state index is 0.172. The van der Waals surface area contributed by atoms with Crippen LogP contribution < -0.4 is 16.2 Å². The van der Waals surface area contributed by atoms with Gasteiger partial charge in [-0.15, -0.1) is 0 Å². The van der Waals surface area contributed by atoms with Gasteiger partial charge in [-0.3, -0.25) is 15.6 Å². The van der Waals surface area contributed by atoms with Crippen LogP contribution in [0.4, 0.5) is 16.6 Å². The highest BCUT2D eigenvalue weighted by atomic mass is 32.1. The van der Waals surface area contributed by atoms with Gasteiger partial charge in [0.05, 0.1) is 15.7 Å². The minimum atomic E-state index is -0.172. The zero-order chi connectivity index (χ0) is 20.3. The molecule has 2 heterocycles. The number of aromatic nitrogens is 3. The van der Waals surface area contributed by atoms with Gasteiger partial charge in [0.2, 0.25) is 5.13 Å². The number of carbonyl (C=O) groups is 1. The number of hydrogen-bond acceptors (Lipinski definition) is 7. The molecular weight excluding hydrogens is 396 g/mol. The van der Waals surface area contributed by atoms with Gasteiger partial charge >= 0.3 is 0 Å². The number of thiazole rings is 1. The molecule has 2 aromatic heterocycles. The van der Waals surface area contributed by atoms with Crippen molar-refractivity contribution in [2.45, 2.75) is 0 Å². The summed E-state index contributed by atoms with van der Waals surface area (Å²) in [6, 6.07) is 22.5. The van der Waals surface area contributed by atoms with Gasteiger partial charge in [-0.1, -0.05) is 41.7 Å². The summed E-state index contributed by atoms with van der Waals surface area (Å²) in [5.41, 5.74) is 9.17. The number of anilines is 3. The van der Waals surface area contributed by atoms with E-state index in [-0.39, 0.29) is 5.91 Å². The molecule has 0 aliphatic rings. The highest BCUT2D eigenvalue weighted by Gasteiger charge is 2.09. The van der Waals surface area contributed by atoms with Crippen LogP contribution in [0.25, 0.3) is 21.1 Å². The third kappa shape index (κ3) is 3.63. The second-order valence-electron chi connectivity index (χ2n) is 6.51. The van der Waals surface area contributed by atoms with Crippen LogP contribution >= 0.6 is 11.3 Å². The highest BCUT2D eigenvalue weighted by Crippen LogP contribution is 2.27. The first-order valence-corrected chi connectivity index (χ1v) is 10.1. The molecule has 7 nitrogen and oxygen atoms in total. The van der Waals surface area contributed by atoms with E-state index in [1.54, 1.807) is 23.5 Å². The minimum Gasteiger partial charge on any atom is -0.322 e. The Balaban J connectivity index is 1.39. The Morgan fingerprint density at radius 1 is 0.833 bits per heavy atom. The van der Waals surface area contributed by atoms with Crippen molar-refractivity contribution in [2.24, 2.45) is 0 Å². The van der Waals surface area contributed by atoms with Crippen molar-refractivity contribution >= 4 is 55.0 Å². The van der Waals surface area contributed by atoms with Gasteiger partial charge in [-0.2, -0.15) is 0 Å². The molecule has 0 aliphatic carbocycles. The largest absolute Gasteiger partial charge is 0.322 e. The average molecular weight is 412 g/mol. The summed E-state index contributed by atoms with van der Waals surface area (Å²) >= 11 is 1.55. The van der Waals surface area contributed by atoms with E-state index in [1.807, 2.05) is 60.7 Å². The third-order valence-corrected chi connectivity index (χ3v) is 5.46. The van der Waals surface area contributed by atoms with E-state index in [4.69, 9.17) is 0 Å². The van der Waals surface area contributed by atoms with E-state index < -0.39 is 0 Å². The number of carbonyl (C=O) groups excluding carboxylic acids is 1. The summed E-state index contributed by atoms with van der Waals surface area (Å²) < 4.78 is 1.10. The Hall–Kier alpha value is -4.04. The van der Waals surface area contributed by atoms with Crippen LogP contribution in [0.15, 0.2) is 79.1 Å². The van der Waals surface area contributed by atoms with Gasteiger partial charge < -0.3 is 5.32 Å². The fraction of sp³-hybridized carbons (Fsp3) is 0. The lowest BCUT2D eigenvalue weighted by atomic mass is 10.2. The molecule has 0 saturated carbocycles. The molecule has 30 heavy (non-hydrogen) atoms. The van der Waals surface area contributed by atoms with Crippen molar-refractivity contribution in [3.8, 4) is 0 Å². The number of hydrazine groups is 1. The number of fused-ring (bicyclic) bond motifs is 2. The molecule has 0 fully saturated rings. The van der Waals surface area contributed by atoms with Crippen LogP contribution in [0, 0.1) is 0 Å². The molecule has 0 bridgehead atoms. The van der Waals surface area contributed by atoms with Gasteiger partial charge in [0.1, 0.15) is 6.33 Å². The third-order valence-electron chi connectivity index (χ3n) is 4.51. The maximum Gasteiger partial charge on any atom is 0.255 e. The Morgan fingerprint density at radius 2 is 1.67 bits per heavy atom. The summed E-state index contributed by atoms with van der Waals surface area (Å²) in [6.07, 6.45) is 1.49. The zero-order valence-electron chi connectivity index (χ0n) is 15.7. The van der Waals surface area contributed by atoms with Crippen molar-refractivity contribution < 1.29 is 4.79 Å². The normalized spacial score (nSPS) is 10.8. The molecule has 146 valence electrons. The van der Waals surface area contributed by atoms with Crippen LogP contribution in [0.1, 0.15) is 10.4 Å². The number of nitrogens with zero attached hydrogens (tertiary/aromatic N) is 3. The van der Waals surface area contributed by atoms with Crippen LogP contribution in [0.2, 0.25) is 0 Å². The Labute approximate surface area is 175 Å². The quantitative estimate of drug-likeness (QED) is 0.355. The fourth-order valence-electron chi connectivity index (χ4n) is 3.07. The van der Waals surface area contributed by atoms with Gasteiger partial charge in [0, 0.05) is 16.6 Å². The van der Waals surface area contributed by atoms with E-state index in [2.05, 4.69) is 31.1 Å². The van der Waals surface area contributed by atoms with Crippen molar-refractivity contribution in [1.29, 1.82) is 0 Å². The summed E-state index contributed by atoms with van der Waals surface area (Å²) in [7, 11) is 0. The molecule has 0 saturated heterocycles. The molecule has 0 spiro atoms. The first-order chi connectivity index (χ1) is 14.8. The number of para-hydroxylation sites is 1. The van der Waals surface area contributed by atoms with Crippen LogP contribution in [-0.4, -0.2) is 20.9 Å². The molecule has 3 N–H and O–H groups in total. The molecule has 1 amide bonds. The second-order valence-corrected chi connectivity index (χ2v) is 7.54. The maximum absolute atomic E-state index is 12.5. The molecule has 0 atom stereocenters. The summed E-state index contributed by atoms with van der Waals surface area (Å²) in [4.78, 5) is 25.6. The molecule has 8 heteroatoms. The topological polar surface area (TPSA) is 91.8 Å². The van der Waals surface area contributed by atoms with Gasteiger partial charge in [0.15, 0.2) is 5.82 Å². The number of rotatable bonds is 5. The maximum atomic E-state index is 12.5. The van der Waals surface area contributed by atoms with Crippen molar-refractivity contribution in [3.63, 3.8) is 0 Å². The lowest BCUT2D eigenvalue weighted by Gasteiger charge is -2.10. The van der Waals surface area contributed by atoms with E-state index in [0.29, 0.717) is 17.1 Å². The van der Waals surface area contributed by atoms with Crippen LogP contribution in [0.5, 0.6) is 0 Å². The average Bonchev–Trinajstić information content (AvgIpc) is 3.21. The van der Waals surface area contributed by atoms with Crippen molar-refractivity contribution in [3.05, 3.63) is 84.7 Å².